The number of hydrogen-bond acceptors (Lipinski definition) is 4. The summed E-state index contributed by atoms with van der Waals surface area (Å²) >= 11 is 0. The zero-order valence-electron chi connectivity index (χ0n) is 14.1. The van der Waals surface area contributed by atoms with Crippen LogP contribution in [0.5, 0.6) is 0 Å². The van der Waals surface area contributed by atoms with Gasteiger partial charge in [-0.25, -0.2) is 8.42 Å². The molecule has 7 heteroatoms. The van der Waals surface area contributed by atoms with Crippen LogP contribution in [0.15, 0.2) is 42.5 Å². The number of nitrogens with zero attached hydrogens (tertiary/aromatic N) is 1. The van der Waals surface area contributed by atoms with Gasteiger partial charge in [-0.15, -0.1) is 0 Å². The van der Waals surface area contributed by atoms with E-state index in [2.05, 4.69) is 5.32 Å². The van der Waals surface area contributed by atoms with Crippen LogP contribution in [0, 0.1) is 13.8 Å². The lowest BCUT2D eigenvalue weighted by atomic mass is 10.0. The average Bonchev–Trinajstić information content (AvgIpc) is 2.56. The van der Waals surface area contributed by atoms with E-state index in [1.54, 1.807) is 44.2 Å². The van der Waals surface area contributed by atoms with Gasteiger partial charge in [-0.3, -0.25) is 13.9 Å². The number of aryl methyl sites for hydroxylation is 2. The first-order valence-electron chi connectivity index (χ1n) is 7.73. The second kappa shape index (κ2) is 6.00. The summed E-state index contributed by atoms with van der Waals surface area (Å²) in [5.74, 6) is -1.55. The molecule has 0 fully saturated rings. The second-order valence-corrected chi connectivity index (χ2v) is 8.08. The first-order chi connectivity index (χ1) is 11.7. The molecule has 1 heterocycles. The highest BCUT2D eigenvalue weighted by molar-refractivity contribution is 7.95. The molecule has 0 aliphatic carbocycles. The van der Waals surface area contributed by atoms with Gasteiger partial charge in [0.05, 0.1) is 5.69 Å². The molecule has 1 N–H and O–H groups in total. The lowest BCUT2D eigenvalue weighted by molar-refractivity contribution is -0.115. The molecule has 1 atom stereocenters. The summed E-state index contributed by atoms with van der Waals surface area (Å²) in [6.45, 7) is 3.61. The summed E-state index contributed by atoms with van der Waals surface area (Å²) in [6, 6.07) is 11.8. The van der Waals surface area contributed by atoms with Crippen LogP contribution in [-0.2, 0) is 14.8 Å². The fourth-order valence-electron chi connectivity index (χ4n) is 2.98. The molecule has 25 heavy (non-hydrogen) atoms. The van der Waals surface area contributed by atoms with Crippen molar-refractivity contribution in [2.24, 2.45) is 0 Å². The zero-order chi connectivity index (χ0) is 18.4. The van der Waals surface area contributed by atoms with Gasteiger partial charge >= 0.3 is 0 Å². The van der Waals surface area contributed by atoms with E-state index in [0.717, 1.165) is 15.4 Å². The van der Waals surface area contributed by atoms with Gasteiger partial charge in [0, 0.05) is 18.3 Å². The molecule has 0 aromatic heterocycles. The molecule has 0 unspecified atom stereocenters. The van der Waals surface area contributed by atoms with Gasteiger partial charge in [-0.1, -0.05) is 30.3 Å². The number of ketones is 1. The van der Waals surface area contributed by atoms with Gasteiger partial charge in [-0.2, -0.15) is 0 Å². The number of carbonyl (C=O) groups is 2. The minimum Gasteiger partial charge on any atom is -0.324 e. The van der Waals surface area contributed by atoms with Gasteiger partial charge in [-0.05, 0) is 37.1 Å². The predicted molar refractivity (Wildman–Crippen MR) is 96.4 cm³/mol. The van der Waals surface area contributed by atoms with E-state index in [1.165, 1.54) is 13.1 Å². The highest BCUT2D eigenvalue weighted by atomic mass is 32.2. The summed E-state index contributed by atoms with van der Waals surface area (Å²) in [4.78, 5) is 25.4. The number of Topliss-reactive ketones (excluding diaryl/α,β-unsaturated/α-hetero) is 1. The predicted octanol–water partition coefficient (Wildman–Crippen LogP) is 2.27. The quantitative estimate of drug-likeness (QED) is 0.835. The van der Waals surface area contributed by atoms with Crippen molar-refractivity contribution < 1.29 is 18.0 Å². The number of benzene rings is 2. The lowest BCUT2D eigenvalue weighted by Crippen LogP contribution is -2.51. The Morgan fingerprint density at radius 2 is 1.64 bits per heavy atom. The highest BCUT2D eigenvalue weighted by Gasteiger charge is 2.47. The Bertz CT molecular complexity index is 962. The number of hydrogen-bond donors (Lipinski definition) is 1. The monoisotopic (exact) mass is 358 g/mol. The van der Waals surface area contributed by atoms with Gasteiger partial charge in [0.2, 0.25) is 5.25 Å². The molecule has 0 radical (unpaired) electrons. The van der Waals surface area contributed by atoms with Gasteiger partial charge in [0.15, 0.2) is 5.78 Å². The summed E-state index contributed by atoms with van der Waals surface area (Å²) in [7, 11) is -2.79. The van der Waals surface area contributed by atoms with Crippen LogP contribution in [0.3, 0.4) is 0 Å². The Hall–Kier alpha value is -2.67. The molecule has 1 amide bonds. The molecule has 3 rings (SSSR count). The third kappa shape index (κ3) is 2.70. The van der Waals surface area contributed by atoms with Crippen molar-refractivity contribution in [3.63, 3.8) is 0 Å². The first-order valence-corrected chi connectivity index (χ1v) is 9.23. The van der Waals surface area contributed by atoms with E-state index in [0.29, 0.717) is 5.69 Å². The number of sulfonamides is 1. The minimum atomic E-state index is -4.14. The van der Waals surface area contributed by atoms with Crippen LogP contribution in [0.2, 0.25) is 0 Å². The molecule has 130 valence electrons. The molecular weight excluding hydrogens is 340 g/mol. The van der Waals surface area contributed by atoms with Gasteiger partial charge in [0.1, 0.15) is 0 Å². The maximum atomic E-state index is 12.7. The van der Waals surface area contributed by atoms with Crippen molar-refractivity contribution >= 4 is 33.1 Å². The normalized spacial score (nSPS) is 18.6. The fraction of sp³-hybridized carbons (Fsp3) is 0.222. The number of carbonyl (C=O) groups excluding carboxylic acids is 2. The van der Waals surface area contributed by atoms with Crippen LogP contribution in [-0.4, -0.2) is 32.4 Å². The molecule has 0 spiro atoms. The molecule has 1 aliphatic heterocycles. The average molecular weight is 358 g/mol. The minimum absolute atomic E-state index is 0.224. The van der Waals surface area contributed by atoms with Crippen molar-refractivity contribution in [3.05, 3.63) is 59.2 Å². The first kappa shape index (κ1) is 17.2. The lowest BCUT2D eigenvalue weighted by Gasteiger charge is -2.31. The van der Waals surface area contributed by atoms with Crippen LogP contribution in [0.1, 0.15) is 21.5 Å². The SMILES string of the molecule is Cc1cccc(C)c1NC(=O)[C@H]1C(=O)c2ccccc2N(C)S1(=O)=O. The third-order valence-corrected chi connectivity index (χ3v) is 6.38. The van der Waals surface area contributed by atoms with Crippen LogP contribution < -0.4 is 9.62 Å². The molecule has 2 aromatic rings. The Kier molecular flexibility index (Phi) is 4.12. The summed E-state index contributed by atoms with van der Waals surface area (Å²) in [6.07, 6.45) is 0. The molecule has 0 saturated carbocycles. The van der Waals surface area contributed by atoms with Crippen molar-refractivity contribution in [1.29, 1.82) is 0 Å². The zero-order valence-corrected chi connectivity index (χ0v) is 14.9. The number of para-hydroxylation sites is 2. The van der Waals surface area contributed by atoms with E-state index in [-0.39, 0.29) is 11.3 Å². The van der Waals surface area contributed by atoms with E-state index in [4.69, 9.17) is 0 Å². The second-order valence-electron chi connectivity index (χ2n) is 6.03. The molecule has 1 aliphatic rings. The molecule has 2 aromatic carbocycles. The van der Waals surface area contributed by atoms with Crippen molar-refractivity contribution in [2.75, 3.05) is 16.7 Å². The summed E-state index contributed by atoms with van der Waals surface area (Å²) < 4.78 is 26.5. The number of anilines is 2. The van der Waals surface area contributed by atoms with E-state index in [1.807, 2.05) is 6.07 Å². The highest BCUT2D eigenvalue weighted by Crippen LogP contribution is 2.32. The standard InChI is InChI=1S/C18H18N2O4S/c1-11-7-6-8-12(2)15(11)19-18(22)17-16(21)13-9-4-5-10-14(13)20(3)25(17,23)24/h4-10,17H,1-3H3,(H,19,22)/t17-/m1/s1. The van der Waals surface area contributed by atoms with Crippen molar-refractivity contribution in [1.82, 2.24) is 0 Å². The number of fused-ring (bicyclic) bond motifs is 1. The Morgan fingerprint density at radius 1 is 1.04 bits per heavy atom. The number of nitrogens with one attached hydrogen (secondary N) is 1. The fourth-order valence-corrected chi connectivity index (χ4v) is 4.46. The topological polar surface area (TPSA) is 83.6 Å². The van der Waals surface area contributed by atoms with Gasteiger partial charge < -0.3 is 5.32 Å². The molecule has 0 saturated heterocycles. The van der Waals surface area contributed by atoms with Crippen molar-refractivity contribution in [3.8, 4) is 0 Å². The maximum Gasteiger partial charge on any atom is 0.254 e. The van der Waals surface area contributed by atoms with E-state index < -0.39 is 27.0 Å². The Balaban J connectivity index is 2.04. The van der Waals surface area contributed by atoms with E-state index >= 15 is 0 Å². The molecule has 0 bridgehead atoms. The van der Waals surface area contributed by atoms with Crippen LogP contribution in [0.25, 0.3) is 0 Å². The molecule has 6 nitrogen and oxygen atoms in total. The summed E-state index contributed by atoms with van der Waals surface area (Å²) in [5, 5.41) is 0.820. The van der Waals surface area contributed by atoms with E-state index in [9.17, 15) is 18.0 Å². The van der Waals surface area contributed by atoms with Crippen molar-refractivity contribution in [2.45, 2.75) is 19.1 Å². The maximum absolute atomic E-state index is 12.7. The number of amides is 1. The van der Waals surface area contributed by atoms with Crippen LogP contribution in [0.4, 0.5) is 11.4 Å². The Labute approximate surface area is 146 Å². The Morgan fingerprint density at radius 3 is 2.28 bits per heavy atom. The van der Waals surface area contributed by atoms with Gasteiger partial charge in [0.25, 0.3) is 15.9 Å². The number of rotatable bonds is 2. The van der Waals surface area contributed by atoms with Crippen LogP contribution >= 0.6 is 0 Å². The largest absolute Gasteiger partial charge is 0.324 e. The smallest absolute Gasteiger partial charge is 0.254 e. The molecular formula is C18H18N2O4S. The summed E-state index contributed by atoms with van der Waals surface area (Å²) in [5.41, 5.74) is 2.62. The third-order valence-electron chi connectivity index (χ3n) is 4.39.